The van der Waals surface area contributed by atoms with Crippen molar-refractivity contribution in [2.75, 3.05) is 13.6 Å². The molecule has 3 nitrogen and oxygen atoms in total. The van der Waals surface area contributed by atoms with Gasteiger partial charge in [0.15, 0.2) is 0 Å². The Bertz CT molecular complexity index is 208. The average molecular weight is 155 g/mol. The fraction of sp³-hybridized carbons (Fsp3) is 0.750. The minimum absolute atomic E-state index is 0.0561. The van der Waals surface area contributed by atoms with E-state index in [1.165, 1.54) is 0 Å². The van der Waals surface area contributed by atoms with Gasteiger partial charge in [-0.05, 0) is 13.8 Å². The number of rotatable bonds is 0. The lowest BCUT2D eigenvalue weighted by molar-refractivity contribution is -0.151. The third kappa shape index (κ3) is 1.15. The van der Waals surface area contributed by atoms with Crippen molar-refractivity contribution in [3.63, 3.8) is 0 Å². The molecule has 1 aliphatic rings. The lowest BCUT2D eigenvalue weighted by Crippen LogP contribution is -2.49. The molecule has 0 radical (unpaired) electrons. The van der Waals surface area contributed by atoms with Crippen LogP contribution in [0.3, 0.4) is 0 Å². The topological polar surface area (TPSA) is 37.4 Å². The quantitative estimate of drug-likeness (QED) is 0.476. The Morgan fingerprint density at radius 1 is 1.36 bits per heavy atom. The van der Waals surface area contributed by atoms with Gasteiger partial charge < -0.3 is 4.90 Å². The van der Waals surface area contributed by atoms with Gasteiger partial charge in [-0.2, -0.15) is 0 Å². The van der Waals surface area contributed by atoms with Gasteiger partial charge in [0, 0.05) is 20.0 Å². The summed E-state index contributed by atoms with van der Waals surface area (Å²) in [7, 11) is 1.73. The summed E-state index contributed by atoms with van der Waals surface area (Å²) < 4.78 is 0. The molecule has 1 rings (SSSR count). The summed E-state index contributed by atoms with van der Waals surface area (Å²) in [5, 5.41) is 0. The molecule has 0 atom stereocenters. The number of carbonyl (C=O) groups is 2. The van der Waals surface area contributed by atoms with Gasteiger partial charge in [-0.15, -0.1) is 0 Å². The molecule has 3 heteroatoms. The van der Waals surface area contributed by atoms with Gasteiger partial charge in [-0.3, -0.25) is 9.59 Å². The van der Waals surface area contributed by atoms with E-state index in [1.807, 2.05) is 0 Å². The van der Waals surface area contributed by atoms with Crippen LogP contribution < -0.4 is 0 Å². The van der Waals surface area contributed by atoms with E-state index in [1.54, 1.807) is 25.8 Å². The number of nitrogens with zero attached hydrogens (tertiary/aromatic N) is 1. The number of ketones is 1. The first-order valence-electron chi connectivity index (χ1n) is 3.75. The van der Waals surface area contributed by atoms with Crippen molar-refractivity contribution < 1.29 is 9.59 Å². The largest absolute Gasteiger partial charge is 0.344 e. The Morgan fingerprint density at radius 2 is 1.91 bits per heavy atom. The van der Waals surface area contributed by atoms with E-state index >= 15 is 0 Å². The van der Waals surface area contributed by atoms with E-state index < -0.39 is 5.41 Å². The van der Waals surface area contributed by atoms with Crippen molar-refractivity contribution in [1.29, 1.82) is 0 Å². The molecule has 0 aromatic rings. The number of hydrogen-bond donors (Lipinski definition) is 0. The molecule has 1 heterocycles. The second-order valence-corrected chi connectivity index (χ2v) is 3.52. The van der Waals surface area contributed by atoms with Crippen LogP contribution in [0.2, 0.25) is 0 Å². The van der Waals surface area contributed by atoms with Gasteiger partial charge >= 0.3 is 0 Å². The van der Waals surface area contributed by atoms with Crippen molar-refractivity contribution in [1.82, 2.24) is 4.90 Å². The molecule has 0 aliphatic carbocycles. The minimum Gasteiger partial charge on any atom is -0.344 e. The van der Waals surface area contributed by atoms with Crippen LogP contribution in [0.15, 0.2) is 0 Å². The molecular formula is C8H13NO2. The van der Waals surface area contributed by atoms with E-state index in [-0.39, 0.29) is 11.7 Å². The van der Waals surface area contributed by atoms with Crippen LogP contribution in [0.5, 0.6) is 0 Å². The number of hydrogen-bond acceptors (Lipinski definition) is 2. The number of likely N-dealkylation sites (tertiary alicyclic amines) is 1. The van der Waals surface area contributed by atoms with Crippen LogP contribution in [0.4, 0.5) is 0 Å². The maximum Gasteiger partial charge on any atom is 0.235 e. The first-order valence-corrected chi connectivity index (χ1v) is 3.75. The molecule has 1 saturated heterocycles. The zero-order valence-electron chi connectivity index (χ0n) is 7.18. The molecule has 11 heavy (non-hydrogen) atoms. The van der Waals surface area contributed by atoms with Gasteiger partial charge in [0.05, 0.1) is 0 Å². The summed E-state index contributed by atoms with van der Waals surface area (Å²) >= 11 is 0. The number of Topliss-reactive ketones (excluding diaryl/α,β-unsaturated/α-hetero) is 1. The van der Waals surface area contributed by atoms with Gasteiger partial charge in [0.2, 0.25) is 5.91 Å². The van der Waals surface area contributed by atoms with Gasteiger partial charge in [-0.1, -0.05) is 0 Å². The Hall–Kier alpha value is -0.860. The fourth-order valence-corrected chi connectivity index (χ4v) is 1.28. The molecule has 0 spiro atoms. The number of amides is 1. The smallest absolute Gasteiger partial charge is 0.235 e. The maximum atomic E-state index is 11.4. The maximum absolute atomic E-state index is 11.4. The zero-order chi connectivity index (χ0) is 8.65. The molecule has 0 N–H and O–H groups in total. The van der Waals surface area contributed by atoms with Crippen molar-refractivity contribution >= 4 is 11.7 Å². The van der Waals surface area contributed by atoms with Gasteiger partial charge in [-0.25, -0.2) is 0 Å². The summed E-state index contributed by atoms with van der Waals surface area (Å²) in [5.74, 6) is -0.00523. The summed E-state index contributed by atoms with van der Waals surface area (Å²) in [6.45, 7) is 3.95. The van der Waals surface area contributed by atoms with E-state index in [9.17, 15) is 9.59 Å². The Balaban J connectivity index is 2.90. The Labute approximate surface area is 66.4 Å². The van der Waals surface area contributed by atoms with Crippen LogP contribution in [0.1, 0.15) is 20.3 Å². The molecule has 0 unspecified atom stereocenters. The average Bonchev–Trinajstić information content (AvgIpc) is 1.95. The first-order chi connectivity index (χ1) is 4.96. The Morgan fingerprint density at radius 3 is 2.36 bits per heavy atom. The first kappa shape index (κ1) is 8.24. The van der Waals surface area contributed by atoms with Crippen molar-refractivity contribution in [3.8, 4) is 0 Å². The minimum atomic E-state index is -0.785. The van der Waals surface area contributed by atoms with Crippen LogP contribution in [0.25, 0.3) is 0 Å². The highest BCUT2D eigenvalue weighted by atomic mass is 16.2. The van der Waals surface area contributed by atoms with Gasteiger partial charge in [0.1, 0.15) is 11.2 Å². The molecule has 1 amide bonds. The van der Waals surface area contributed by atoms with Crippen LogP contribution in [-0.4, -0.2) is 30.2 Å². The monoisotopic (exact) mass is 155 g/mol. The highest BCUT2D eigenvalue weighted by Gasteiger charge is 2.40. The molecule has 62 valence electrons. The molecule has 0 aromatic heterocycles. The molecule has 0 aromatic carbocycles. The molecule has 0 saturated carbocycles. The molecule has 0 bridgehead atoms. The number of piperidine rings is 1. The summed E-state index contributed by atoms with van der Waals surface area (Å²) in [6.07, 6.45) is 0.495. The van der Waals surface area contributed by atoms with Crippen LogP contribution in [0, 0.1) is 5.41 Å². The van der Waals surface area contributed by atoms with Crippen molar-refractivity contribution in [2.24, 2.45) is 5.41 Å². The second-order valence-electron chi connectivity index (χ2n) is 3.52. The fourth-order valence-electron chi connectivity index (χ4n) is 1.28. The predicted octanol–water partition coefficient (Wildman–Crippen LogP) is 0.444. The van der Waals surface area contributed by atoms with Gasteiger partial charge in [0.25, 0.3) is 0 Å². The number of carbonyl (C=O) groups excluding carboxylic acids is 2. The lowest BCUT2D eigenvalue weighted by atomic mass is 9.82. The van der Waals surface area contributed by atoms with E-state index in [4.69, 9.17) is 0 Å². The normalized spacial score (nSPS) is 24.1. The predicted molar refractivity (Wildman–Crippen MR) is 41.0 cm³/mol. The third-order valence-electron chi connectivity index (χ3n) is 2.25. The van der Waals surface area contributed by atoms with Crippen molar-refractivity contribution in [2.45, 2.75) is 20.3 Å². The molecule has 1 aliphatic heterocycles. The van der Waals surface area contributed by atoms with E-state index in [0.29, 0.717) is 13.0 Å². The third-order valence-corrected chi connectivity index (χ3v) is 2.25. The Kier molecular flexibility index (Phi) is 1.74. The summed E-state index contributed by atoms with van der Waals surface area (Å²) in [6, 6.07) is 0. The SMILES string of the molecule is CN1CCC(=O)C(C)(C)C1=O. The van der Waals surface area contributed by atoms with E-state index in [2.05, 4.69) is 0 Å². The lowest BCUT2D eigenvalue weighted by Gasteiger charge is -2.33. The standard InChI is InChI=1S/C8H13NO2/c1-8(2)6(10)4-5-9(3)7(8)11/h4-5H2,1-3H3. The summed E-state index contributed by atoms with van der Waals surface area (Å²) in [4.78, 5) is 24.2. The van der Waals surface area contributed by atoms with Crippen LogP contribution >= 0.6 is 0 Å². The summed E-state index contributed by atoms with van der Waals surface area (Å²) in [5.41, 5.74) is -0.785. The highest BCUT2D eigenvalue weighted by Crippen LogP contribution is 2.25. The molecular weight excluding hydrogens is 142 g/mol. The van der Waals surface area contributed by atoms with Crippen molar-refractivity contribution in [3.05, 3.63) is 0 Å². The van der Waals surface area contributed by atoms with Crippen LogP contribution in [-0.2, 0) is 9.59 Å². The zero-order valence-corrected chi connectivity index (χ0v) is 7.18. The second kappa shape index (κ2) is 2.32. The highest BCUT2D eigenvalue weighted by molar-refractivity contribution is 6.07. The molecule has 1 fully saturated rings. The van der Waals surface area contributed by atoms with E-state index in [0.717, 1.165) is 0 Å².